The maximum Gasteiger partial charge on any atom is 0.0966 e. The van der Waals surface area contributed by atoms with Gasteiger partial charge in [0.2, 0.25) is 0 Å². The normalized spacial score (nSPS) is 15.2. The molecule has 4 aromatic rings. The van der Waals surface area contributed by atoms with Gasteiger partial charge in [0.25, 0.3) is 0 Å². The number of nitrogens with zero attached hydrogens (tertiary/aromatic N) is 4. The minimum atomic E-state index is 0.101. The lowest BCUT2D eigenvalue weighted by atomic mass is 9.98. The van der Waals surface area contributed by atoms with Crippen molar-refractivity contribution >= 4 is 16.7 Å². The number of hydrogen-bond acceptors (Lipinski definition) is 3. The summed E-state index contributed by atoms with van der Waals surface area (Å²) in [5.74, 6) is 0. The fourth-order valence-corrected chi connectivity index (χ4v) is 4.52. The molecular formula is C26H28N4. The number of piperazine rings is 1. The molecule has 1 saturated heterocycles. The Kier molecular flexibility index (Phi) is 5.24. The molecule has 1 aliphatic rings. The molecule has 1 aliphatic heterocycles. The second kappa shape index (κ2) is 8.33. The summed E-state index contributed by atoms with van der Waals surface area (Å²) in [5.41, 5.74) is 6.06. The Labute approximate surface area is 178 Å². The van der Waals surface area contributed by atoms with Gasteiger partial charge in [0, 0.05) is 31.9 Å². The second-order valence-corrected chi connectivity index (χ2v) is 7.97. The molecular weight excluding hydrogens is 368 g/mol. The van der Waals surface area contributed by atoms with Gasteiger partial charge in [-0.1, -0.05) is 67.6 Å². The fourth-order valence-electron chi connectivity index (χ4n) is 4.52. The zero-order valence-corrected chi connectivity index (χ0v) is 17.5. The zero-order chi connectivity index (χ0) is 20.3. The molecule has 0 unspecified atom stereocenters. The standard InChI is InChI=1S/C26H28N4/c1-2-28-15-17-29(18-16-28)23-13-14-24-25(19-23)30(20-27-24)26(21-9-5-3-6-10-21)22-11-7-4-8-12-22/h3-14,19-20,26H,2,15-18H2,1H3. The van der Waals surface area contributed by atoms with E-state index in [1.54, 1.807) is 0 Å². The van der Waals surface area contributed by atoms with Crippen LogP contribution >= 0.6 is 0 Å². The molecule has 0 spiro atoms. The van der Waals surface area contributed by atoms with Gasteiger partial charge in [-0.25, -0.2) is 4.98 Å². The Bertz CT molecular complexity index is 1060. The summed E-state index contributed by atoms with van der Waals surface area (Å²) in [6.45, 7) is 7.79. The maximum atomic E-state index is 4.74. The summed E-state index contributed by atoms with van der Waals surface area (Å²) in [4.78, 5) is 9.76. The molecule has 4 nitrogen and oxygen atoms in total. The van der Waals surface area contributed by atoms with Crippen LogP contribution in [0.15, 0.2) is 85.2 Å². The number of imidazole rings is 1. The molecule has 5 rings (SSSR count). The zero-order valence-electron chi connectivity index (χ0n) is 17.5. The minimum Gasteiger partial charge on any atom is -0.369 e. The van der Waals surface area contributed by atoms with Gasteiger partial charge >= 0.3 is 0 Å². The first kappa shape index (κ1) is 18.9. The van der Waals surface area contributed by atoms with Crippen LogP contribution in [0.25, 0.3) is 11.0 Å². The lowest BCUT2D eigenvalue weighted by molar-refractivity contribution is 0.271. The molecule has 4 heteroatoms. The molecule has 2 heterocycles. The summed E-state index contributed by atoms with van der Waals surface area (Å²) in [7, 11) is 0. The van der Waals surface area contributed by atoms with Gasteiger partial charge in [0.05, 0.1) is 23.4 Å². The van der Waals surface area contributed by atoms with Crippen molar-refractivity contribution in [3.8, 4) is 0 Å². The molecule has 1 aromatic heterocycles. The van der Waals surface area contributed by atoms with E-state index in [0.29, 0.717) is 0 Å². The molecule has 0 radical (unpaired) electrons. The van der Waals surface area contributed by atoms with E-state index in [4.69, 9.17) is 4.98 Å². The van der Waals surface area contributed by atoms with Crippen molar-refractivity contribution in [1.29, 1.82) is 0 Å². The van der Waals surface area contributed by atoms with Crippen molar-refractivity contribution in [2.45, 2.75) is 13.0 Å². The van der Waals surface area contributed by atoms with Crippen LogP contribution in [0.2, 0.25) is 0 Å². The van der Waals surface area contributed by atoms with E-state index in [1.165, 1.54) is 22.3 Å². The van der Waals surface area contributed by atoms with Crippen molar-refractivity contribution in [3.05, 3.63) is 96.3 Å². The number of aromatic nitrogens is 2. The van der Waals surface area contributed by atoms with Crippen LogP contribution in [0.1, 0.15) is 24.1 Å². The fraction of sp³-hybridized carbons (Fsp3) is 0.269. The third kappa shape index (κ3) is 3.59. The van der Waals surface area contributed by atoms with Crippen LogP contribution in [0.4, 0.5) is 5.69 Å². The molecule has 0 N–H and O–H groups in total. The van der Waals surface area contributed by atoms with Crippen LogP contribution in [-0.2, 0) is 0 Å². The first-order chi connectivity index (χ1) is 14.8. The van der Waals surface area contributed by atoms with Gasteiger partial charge in [0.1, 0.15) is 0 Å². The molecule has 0 bridgehead atoms. The van der Waals surface area contributed by atoms with E-state index in [2.05, 4.69) is 100 Å². The van der Waals surface area contributed by atoms with Crippen LogP contribution < -0.4 is 4.90 Å². The van der Waals surface area contributed by atoms with E-state index in [-0.39, 0.29) is 6.04 Å². The van der Waals surface area contributed by atoms with Crippen molar-refractivity contribution in [1.82, 2.24) is 14.5 Å². The lowest BCUT2D eigenvalue weighted by Crippen LogP contribution is -2.46. The Morgan fingerprint density at radius 3 is 2.03 bits per heavy atom. The highest BCUT2D eigenvalue weighted by Crippen LogP contribution is 2.31. The van der Waals surface area contributed by atoms with E-state index < -0.39 is 0 Å². The topological polar surface area (TPSA) is 24.3 Å². The summed E-state index contributed by atoms with van der Waals surface area (Å²) in [6.07, 6.45) is 1.99. The van der Waals surface area contributed by atoms with Crippen LogP contribution in [0.5, 0.6) is 0 Å². The predicted molar refractivity (Wildman–Crippen MR) is 124 cm³/mol. The number of fused-ring (bicyclic) bond motifs is 1. The van der Waals surface area contributed by atoms with E-state index >= 15 is 0 Å². The van der Waals surface area contributed by atoms with Crippen molar-refractivity contribution in [2.75, 3.05) is 37.6 Å². The van der Waals surface area contributed by atoms with Crippen molar-refractivity contribution in [3.63, 3.8) is 0 Å². The number of rotatable bonds is 5. The van der Waals surface area contributed by atoms with Crippen molar-refractivity contribution < 1.29 is 0 Å². The third-order valence-electron chi connectivity index (χ3n) is 6.25. The molecule has 0 aliphatic carbocycles. The Balaban J connectivity index is 1.57. The SMILES string of the molecule is CCN1CCN(c2ccc3ncn(C(c4ccccc4)c4ccccc4)c3c2)CC1. The molecule has 3 aromatic carbocycles. The summed E-state index contributed by atoms with van der Waals surface area (Å²) >= 11 is 0. The average molecular weight is 397 g/mol. The smallest absolute Gasteiger partial charge is 0.0966 e. The molecule has 0 amide bonds. The molecule has 152 valence electrons. The van der Waals surface area contributed by atoms with Gasteiger partial charge in [-0.15, -0.1) is 0 Å². The molecule has 0 atom stereocenters. The second-order valence-electron chi connectivity index (χ2n) is 7.97. The predicted octanol–water partition coefficient (Wildman–Crippen LogP) is 4.82. The lowest BCUT2D eigenvalue weighted by Gasteiger charge is -2.35. The first-order valence-corrected chi connectivity index (χ1v) is 10.9. The van der Waals surface area contributed by atoms with Gasteiger partial charge in [0.15, 0.2) is 0 Å². The van der Waals surface area contributed by atoms with Gasteiger partial charge in [-0.3, -0.25) is 0 Å². The first-order valence-electron chi connectivity index (χ1n) is 10.9. The highest BCUT2D eigenvalue weighted by Gasteiger charge is 2.20. The summed E-state index contributed by atoms with van der Waals surface area (Å²) in [6, 6.07) is 28.2. The Hall–Kier alpha value is -3.11. The average Bonchev–Trinajstić information content (AvgIpc) is 3.24. The summed E-state index contributed by atoms with van der Waals surface area (Å²) < 4.78 is 2.33. The number of likely N-dealkylation sites (N-methyl/N-ethyl adjacent to an activating group) is 1. The van der Waals surface area contributed by atoms with Crippen LogP contribution in [0, 0.1) is 0 Å². The monoisotopic (exact) mass is 396 g/mol. The highest BCUT2D eigenvalue weighted by molar-refractivity contribution is 5.80. The minimum absolute atomic E-state index is 0.101. The largest absolute Gasteiger partial charge is 0.369 e. The molecule has 30 heavy (non-hydrogen) atoms. The Morgan fingerprint density at radius 1 is 0.800 bits per heavy atom. The van der Waals surface area contributed by atoms with Gasteiger partial charge in [-0.05, 0) is 35.9 Å². The van der Waals surface area contributed by atoms with Crippen LogP contribution in [-0.4, -0.2) is 47.2 Å². The van der Waals surface area contributed by atoms with Crippen LogP contribution in [0.3, 0.4) is 0 Å². The quantitative estimate of drug-likeness (QED) is 0.484. The molecule has 1 fully saturated rings. The maximum absolute atomic E-state index is 4.74. The Morgan fingerprint density at radius 2 is 1.43 bits per heavy atom. The highest BCUT2D eigenvalue weighted by atomic mass is 15.3. The number of anilines is 1. The number of benzene rings is 3. The number of hydrogen-bond donors (Lipinski definition) is 0. The van der Waals surface area contributed by atoms with E-state index in [9.17, 15) is 0 Å². The third-order valence-corrected chi connectivity index (χ3v) is 6.25. The van der Waals surface area contributed by atoms with Crippen molar-refractivity contribution in [2.24, 2.45) is 0 Å². The van der Waals surface area contributed by atoms with E-state index in [1.807, 2.05) is 6.33 Å². The van der Waals surface area contributed by atoms with Gasteiger partial charge in [-0.2, -0.15) is 0 Å². The summed E-state index contributed by atoms with van der Waals surface area (Å²) in [5, 5.41) is 0. The van der Waals surface area contributed by atoms with E-state index in [0.717, 1.165) is 38.2 Å². The van der Waals surface area contributed by atoms with Gasteiger partial charge < -0.3 is 14.4 Å². The molecule has 0 saturated carbocycles.